The lowest BCUT2D eigenvalue weighted by Gasteiger charge is -2.33. The third-order valence-electron chi connectivity index (χ3n) is 4.41. The summed E-state index contributed by atoms with van der Waals surface area (Å²) < 4.78 is 2.26. The van der Waals surface area contributed by atoms with E-state index >= 15 is 0 Å². The first kappa shape index (κ1) is 13.9. The first-order valence-electron chi connectivity index (χ1n) is 7.41. The van der Waals surface area contributed by atoms with Crippen LogP contribution in [0.1, 0.15) is 50.4 Å². The van der Waals surface area contributed by atoms with Gasteiger partial charge in [-0.1, -0.05) is 0 Å². The molecule has 2 heterocycles. The number of hydrogen-bond acceptors (Lipinski definition) is 4. The van der Waals surface area contributed by atoms with Gasteiger partial charge in [-0.2, -0.15) is 11.8 Å². The minimum Gasteiger partial charge on any atom is -0.342 e. The van der Waals surface area contributed by atoms with E-state index < -0.39 is 0 Å². The van der Waals surface area contributed by atoms with E-state index in [9.17, 15) is 4.79 Å². The van der Waals surface area contributed by atoms with Gasteiger partial charge in [0.2, 0.25) is 5.91 Å². The fourth-order valence-electron chi connectivity index (χ4n) is 2.89. The Morgan fingerprint density at radius 1 is 1.35 bits per heavy atom. The van der Waals surface area contributed by atoms with Crippen LogP contribution in [0.3, 0.4) is 0 Å². The summed E-state index contributed by atoms with van der Waals surface area (Å²) in [5.41, 5.74) is 0. The normalized spacial score (nSPS) is 22.0. The van der Waals surface area contributed by atoms with Crippen molar-refractivity contribution in [2.75, 3.05) is 19.3 Å². The molecule has 0 radical (unpaired) electrons. The second-order valence-electron chi connectivity index (χ2n) is 5.81. The lowest BCUT2D eigenvalue weighted by atomic mass is 9.95. The van der Waals surface area contributed by atoms with E-state index in [1.165, 1.54) is 12.8 Å². The van der Waals surface area contributed by atoms with Crippen LogP contribution in [0.25, 0.3) is 0 Å². The highest BCUT2D eigenvalue weighted by molar-refractivity contribution is 7.99. The molecule has 2 fully saturated rings. The standard InChI is InChI=1S/C14H22N4OS/c1-10(20-2)14(19)17-7-5-11(6-8-17)13-16-15-9-18(13)12-3-4-12/h9-12H,3-8H2,1-2H3/t10-/m0/s1. The van der Waals surface area contributed by atoms with Crippen LogP contribution in [0, 0.1) is 0 Å². The zero-order valence-corrected chi connectivity index (χ0v) is 13.0. The predicted molar refractivity (Wildman–Crippen MR) is 79.8 cm³/mol. The predicted octanol–water partition coefficient (Wildman–Crippen LogP) is 2.07. The number of carbonyl (C=O) groups excluding carboxylic acids is 1. The Morgan fingerprint density at radius 2 is 2.05 bits per heavy atom. The summed E-state index contributed by atoms with van der Waals surface area (Å²) in [5.74, 6) is 1.88. The Bertz CT molecular complexity index is 477. The van der Waals surface area contributed by atoms with Crippen LogP contribution in [0.2, 0.25) is 0 Å². The molecule has 1 atom stereocenters. The van der Waals surface area contributed by atoms with Crippen molar-refractivity contribution in [2.24, 2.45) is 0 Å². The number of aromatic nitrogens is 3. The molecule has 0 bridgehead atoms. The number of thioether (sulfide) groups is 1. The van der Waals surface area contributed by atoms with Gasteiger partial charge in [-0.05, 0) is 38.9 Å². The Labute approximate surface area is 124 Å². The molecule has 1 saturated heterocycles. The second kappa shape index (κ2) is 5.76. The van der Waals surface area contributed by atoms with E-state index in [1.807, 2.05) is 24.4 Å². The SMILES string of the molecule is CS[C@@H](C)C(=O)N1CCC(c2nncn2C2CC2)CC1. The van der Waals surface area contributed by atoms with Crippen molar-refractivity contribution in [1.82, 2.24) is 19.7 Å². The first-order valence-corrected chi connectivity index (χ1v) is 8.70. The number of piperidine rings is 1. The average Bonchev–Trinajstić information content (AvgIpc) is 3.23. The van der Waals surface area contributed by atoms with Crippen molar-refractivity contribution in [3.63, 3.8) is 0 Å². The van der Waals surface area contributed by atoms with Crippen LogP contribution in [-0.4, -0.2) is 50.2 Å². The molecule has 0 unspecified atom stereocenters. The fraction of sp³-hybridized carbons (Fsp3) is 0.786. The fourth-order valence-corrected chi connectivity index (χ4v) is 3.24. The summed E-state index contributed by atoms with van der Waals surface area (Å²) in [6, 6.07) is 0.635. The first-order chi connectivity index (χ1) is 9.70. The smallest absolute Gasteiger partial charge is 0.235 e. The zero-order valence-electron chi connectivity index (χ0n) is 12.2. The zero-order chi connectivity index (χ0) is 14.1. The average molecular weight is 294 g/mol. The van der Waals surface area contributed by atoms with E-state index in [-0.39, 0.29) is 11.2 Å². The number of carbonyl (C=O) groups is 1. The summed E-state index contributed by atoms with van der Waals surface area (Å²) in [6.07, 6.45) is 8.41. The number of hydrogen-bond donors (Lipinski definition) is 0. The molecule has 1 aliphatic heterocycles. The largest absolute Gasteiger partial charge is 0.342 e. The summed E-state index contributed by atoms with van der Waals surface area (Å²) >= 11 is 1.62. The molecular weight excluding hydrogens is 272 g/mol. The highest BCUT2D eigenvalue weighted by Gasteiger charge is 2.32. The van der Waals surface area contributed by atoms with Crippen molar-refractivity contribution < 1.29 is 4.79 Å². The van der Waals surface area contributed by atoms with Gasteiger partial charge in [0.25, 0.3) is 0 Å². The van der Waals surface area contributed by atoms with E-state index in [2.05, 4.69) is 14.8 Å². The summed E-state index contributed by atoms with van der Waals surface area (Å²) in [4.78, 5) is 14.2. The van der Waals surface area contributed by atoms with Crippen LogP contribution in [0.15, 0.2) is 6.33 Å². The van der Waals surface area contributed by atoms with Crippen molar-refractivity contribution >= 4 is 17.7 Å². The van der Waals surface area contributed by atoms with Crippen LogP contribution in [0.4, 0.5) is 0 Å². The highest BCUT2D eigenvalue weighted by atomic mass is 32.2. The second-order valence-corrected chi connectivity index (χ2v) is 6.98. The molecule has 20 heavy (non-hydrogen) atoms. The summed E-state index contributed by atoms with van der Waals surface area (Å²) in [6.45, 7) is 3.70. The third-order valence-corrected chi connectivity index (χ3v) is 5.32. The van der Waals surface area contributed by atoms with Crippen LogP contribution in [-0.2, 0) is 4.79 Å². The summed E-state index contributed by atoms with van der Waals surface area (Å²) in [7, 11) is 0. The molecule has 1 saturated carbocycles. The van der Waals surface area contributed by atoms with Crippen LogP contribution in [0.5, 0.6) is 0 Å². The van der Waals surface area contributed by atoms with Crippen molar-refractivity contribution in [3.05, 3.63) is 12.2 Å². The van der Waals surface area contributed by atoms with Crippen LogP contribution < -0.4 is 0 Å². The molecule has 0 N–H and O–H groups in total. The van der Waals surface area contributed by atoms with E-state index in [1.54, 1.807) is 11.8 Å². The van der Waals surface area contributed by atoms with Gasteiger partial charge < -0.3 is 9.47 Å². The maximum atomic E-state index is 12.2. The van der Waals surface area contributed by atoms with E-state index in [0.29, 0.717) is 12.0 Å². The molecule has 5 nitrogen and oxygen atoms in total. The Hall–Kier alpha value is -1.04. The van der Waals surface area contributed by atoms with Crippen LogP contribution >= 0.6 is 11.8 Å². The van der Waals surface area contributed by atoms with Gasteiger partial charge >= 0.3 is 0 Å². The molecule has 3 rings (SSSR count). The third kappa shape index (κ3) is 2.71. The molecule has 0 spiro atoms. The lowest BCUT2D eigenvalue weighted by molar-refractivity contribution is -0.131. The number of nitrogens with zero attached hydrogens (tertiary/aromatic N) is 4. The summed E-state index contributed by atoms with van der Waals surface area (Å²) in [5, 5.41) is 8.48. The Morgan fingerprint density at radius 3 is 2.65 bits per heavy atom. The molecular formula is C14H22N4OS. The van der Waals surface area contributed by atoms with Crippen molar-refractivity contribution in [3.8, 4) is 0 Å². The number of rotatable bonds is 4. The van der Waals surface area contributed by atoms with Crippen molar-refractivity contribution in [2.45, 2.75) is 49.8 Å². The number of amides is 1. The minimum absolute atomic E-state index is 0.0710. The maximum absolute atomic E-state index is 12.2. The molecule has 1 amide bonds. The Balaban J connectivity index is 1.61. The van der Waals surface area contributed by atoms with Gasteiger partial charge in [0, 0.05) is 25.0 Å². The van der Waals surface area contributed by atoms with Gasteiger partial charge in [-0.15, -0.1) is 10.2 Å². The molecule has 6 heteroatoms. The molecule has 1 aromatic heterocycles. The van der Waals surface area contributed by atoms with E-state index in [0.717, 1.165) is 31.8 Å². The van der Waals surface area contributed by atoms with E-state index in [4.69, 9.17) is 0 Å². The maximum Gasteiger partial charge on any atom is 0.235 e. The monoisotopic (exact) mass is 294 g/mol. The Kier molecular flexibility index (Phi) is 4.01. The molecule has 2 aliphatic rings. The van der Waals surface area contributed by atoms with Crippen molar-refractivity contribution in [1.29, 1.82) is 0 Å². The number of likely N-dealkylation sites (tertiary alicyclic amines) is 1. The van der Waals surface area contributed by atoms with Gasteiger partial charge in [0.15, 0.2) is 0 Å². The van der Waals surface area contributed by atoms with Gasteiger partial charge in [0.1, 0.15) is 12.2 Å². The lowest BCUT2D eigenvalue weighted by Crippen LogP contribution is -2.42. The molecule has 1 aliphatic carbocycles. The molecule has 1 aromatic rings. The minimum atomic E-state index is 0.0710. The topological polar surface area (TPSA) is 51.0 Å². The molecule has 0 aromatic carbocycles. The van der Waals surface area contributed by atoms with Gasteiger partial charge in [-0.25, -0.2) is 0 Å². The van der Waals surface area contributed by atoms with Gasteiger partial charge in [0.05, 0.1) is 5.25 Å². The molecule has 110 valence electrons. The highest BCUT2D eigenvalue weighted by Crippen LogP contribution is 2.38. The van der Waals surface area contributed by atoms with Gasteiger partial charge in [-0.3, -0.25) is 4.79 Å². The quantitative estimate of drug-likeness (QED) is 0.853.